The second-order valence-corrected chi connectivity index (χ2v) is 9.59. The van der Waals surface area contributed by atoms with Crippen molar-refractivity contribution in [1.29, 1.82) is 5.41 Å². The van der Waals surface area contributed by atoms with Crippen molar-refractivity contribution in [2.24, 2.45) is 5.73 Å². The van der Waals surface area contributed by atoms with Crippen molar-refractivity contribution < 1.29 is 23.5 Å². The van der Waals surface area contributed by atoms with Crippen molar-refractivity contribution in [3.63, 3.8) is 0 Å². The van der Waals surface area contributed by atoms with Crippen LogP contribution in [-0.4, -0.2) is 47.4 Å². The number of imide groups is 1. The van der Waals surface area contributed by atoms with Crippen LogP contribution in [0.4, 0.5) is 4.79 Å². The molecule has 11 heteroatoms. The highest BCUT2D eigenvalue weighted by Crippen LogP contribution is 2.20. The van der Waals surface area contributed by atoms with Gasteiger partial charge in [-0.2, -0.15) is 0 Å². The van der Waals surface area contributed by atoms with Gasteiger partial charge in [0.2, 0.25) is 0 Å². The minimum Gasteiger partial charge on any atom is -0.445 e. The number of rotatable bonds is 13. The van der Waals surface area contributed by atoms with E-state index in [1.165, 1.54) is 6.07 Å². The predicted octanol–water partition coefficient (Wildman–Crippen LogP) is 3.90. The summed E-state index contributed by atoms with van der Waals surface area (Å²) in [6.07, 6.45) is 1.28. The molecule has 1 heterocycles. The van der Waals surface area contributed by atoms with Gasteiger partial charge in [-0.1, -0.05) is 68.8 Å². The summed E-state index contributed by atoms with van der Waals surface area (Å²) in [6.45, 7) is 4.05. The Morgan fingerprint density at radius 2 is 1.76 bits per heavy atom. The minimum atomic E-state index is -1.14. The molecule has 2 atom stereocenters. The SMILES string of the molecule is CCCC(CC)N(C(=O)c1cc2ccccc2oc1=O)C(=O)[C@H](CCCNC(=N)N)NC(=O)OCc1ccccc1. The number of benzene rings is 2. The third-order valence-corrected chi connectivity index (χ3v) is 6.57. The van der Waals surface area contributed by atoms with Crippen molar-refractivity contribution in [2.45, 2.75) is 64.6 Å². The third-order valence-electron chi connectivity index (χ3n) is 6.57. The first-order valence-electron chi connectivity index (χ1n) is 13.7. The summed E-state index contributed by atoms with van der Waals surface area (Å²) in [5.41, 5.74) is 5.34. The molecule has 0 saturated carbocycles. The topological polar surface area (TPSA) is 168 Å². The number of nitrogens with two attached hydrogens (primary N) is 1. The van der Waals surface area contributed by atoms with Gasteiger partial charge in [0.15, 0.2) is 5.96 Å². The van der Waals surface area contributed by atoms with Crippen LogP contribution in [0.2, 0.25) is 0 Å². The molecule has 2 aromatic carbocycles. The van der Waals surface area contributed by atoms with Crippen molar-refractivity contribution in [3.05, 3.63) is 82.2 Å². The maximum Gasteiger partial charge on any atom is 0.408 e. The summed E-state index contributed by atoms with van der Waals surface area (Å²) in [7, 11) is 0. The fourth-order valence-corrected chi connectivity index (χ4v) is 4.50. The summed E-state index contributed by atoms with van der Waals surface area (Å²) in [5, 5.41) is 13.2. The lowest BCUT2D eigenvalue weighted by molar-refractivity contribution is -0.133. The highest BCUT2D eigenvalue weighted by atomic mass is 16.5. The van der Waals surface area contributed by atoms with Gasteiger partial charge in [0.1, 0.15) is 23.8 Å². The molecule has 0 saturated heterocycles. The van der Waals surface area contributed by atoms with Crippen molar-refractivity contribution >= 4 is 34.8 Å². The number of amides is 3. The molecular weight excluding hydrogens is 526 g/mol. The summed E-state index contributed by atoms with van der Waals surface area (Å²) in [6, 6.07) is 15.6. The first-order valence-corrected chi connectivity index (χ1v) is 13.7. The van der Waals surface area contributed by atoms with Gasteiger partial charge in [-0.05, 0) is 43.4 Å². The Morgan fingerprint density at radius 3 is 2.44 bits per heavy atom. The molecule has 0 aliphatic carbocycles. The van der Waals surface area contributed by atoms with Gasteiger partial charge in [0.05, 0.1) is 0 Å². The Hall–Kier alpha value is -4.67. The van der Waals surface area contributed by atoms with Gasteiger partial charge in [-0.25, -0.2) is 9.59 Å². The minimum absolute atomic E-state index is 0.00627. The van der Waals surface area contributed by atoms with Crippen LogP contribution in [-0.2, 0) is 16.1 Å². The molecule has 3 aromatic rings. The van der Waals surface area contributed by atoms with Crippen molar-refractivity contribution in [1.82, 2.24) is 15.5 Å². The molecule has 0 aliphatic heterocycles. The molecule has 218 valence electrons. The van der Waals surface area contributed by atoms with Gasteiger partial charge in [-0.3, -0.25) is 19.9 Å². The Morgan fingerprint density at radius 1 is 1.05 bits per heavy atom. The van der Waals surface area contributed by atoms with E-state index in [-0.39, 0.29) is 31.1 Å². The molecule has 0 fully saturated rings. The molecule has 3 amide bonds. The fourth-order valence-electron chi connectivity index (χ4n) is 4.50. The monoisotopic (exact) mass is 563 g/mol. The maximum absolute atomic E-state index is 14.1. The van der Waals surface area contributed by atoms with Crippen LogP contribution in [0.5, 0.6) is 0 Å². The van der Waals surface area contributed by atoms with E-state index in [4.69, 9.17) is 20.3 Å². The van der Waals surface area contributed by atoms with Crippen LogP contribution >= 0.6 is 0 Å². The largest absolute Gasteiger partial charge is 0.445 e. The van der Waals surface area contributed by atoms with E-state index >= 15 is 0 Å². The summed E-state index contributed by atoms with van der Waals surface area (Å²) in [5.74, 6) is -1.68. The highest BCUT2D eigenvalue weighted by molar-refractivity contribution is 6.07. The molecule has 1 unspecified atom stereocenters. The first kappa shape index (κ1) is 30.9. The molecule has 1 aromatic heterocycles. The zero-order valence-electron chi connectivity index (χ0n) is 23.4. The van der Waals surface area contributed by atoms with Crippen molar-refractivity contribution in [2.75, 3.05) is 6.54 Å². The molecule has 0 bridgehead atoms. The summed E-state index contributed by atoms with van der Waals surface area (Å²) in [4.78, 5) is 54.7. The Labute approximate surface area is 238 Å². The van der Waals surface area contributed by atoms with Crippen LogP contribution in [0.25, 0.3) is 11.0 Å². The summed E-state index contributed by atoms with van der Waals surface area (Å²) < 4.78 is 10.7. The lowest BCUT2D eigenvalue weighted by Crippen LogP contribution is -2.54. The van der Waals surface area contributed by atoms with Gasteiger partial charge < -0.3 is 25.5 Å². The molecule has 0 spiro atoms. The molecule has 3 rings (SSSR count). The van der Waals surface area contributed by atoms with Gasteiger partial charge in [-0.15, -0.1) is 0 Å². The Bertz CT molecular complexity index is 1410. The second kappa shape index (κ2) is 15.2. The Balaban J connectivity index is 1.91. The molecule has 0 aliphatic rings. The quantitative estimate of drug-likeness (QED) is 0.105. The lowest BCUT2D eigenvalue weighted by atomic mass is 10.0. The maximum atomic E-state index is 14.1. The van der Waals surface area contributed by atoms with E-state index < -0.39 is 35.6 Å². The lowest BCUT2D eigenvalue weighted by Gasteiger charge is -2.32. The summed E-state index contributed by atoms with van der Waals surface area (Å²) >= 11 is 0. The molecule has 5 N–H and O–H groups in total. The van der Waals surface area contributed by atoms with E-state index in [1.807, 2.05) is 32.0 Å². The highest BCUT2D eigenvalue weighted by Gasteiger charge is 2.36. The number of alkyl carbamates (subject to hydrolysis) is 1. The standard InChI is InChI=1S/C30H37N5O6/c1-3-11-22(4-2)35(26(36)23-18-21-14-8-9-16-25(21)41-28(23)38)27(37)24(15-10-17-33-29(31)32)34-30(39)40-19-20-12-6-5-7-13-20/h5-9,12-14,16,18,22,24H,3-4,10-11,15,17,19H2,1-2H3,(H,34,39)(H4,31,32,33)/t22?,24-/m0/s1. The number of ether oxygens (including phenoxy) is 1. The van der Waals surface area contributed by atoms with E-state index in [9.17, 15) is 19.2 Å². The average Bonchev–Trinajstić information content (AvgIpc) is 2.97. The zero-order valence-corrected chi connectivity index (χ0v) is 23.4. The second-order valence-electron chi connectivity index (χ2n) is 9.59. The number of guanidine groups is 1. The predicted molar refractivity (Wildman–Crippen MR) is 155 cm³/mol. The normalized spacial score (nSPS) is 12.2. The van der Waals surface area contributed by atoms with Crippen LogP contribution in [0, 0.1) is 5.41 Å². The van der Waals surface area contributed by atoms with Gasteiger partial charge >= 0.3 is 11.7 Å². The molecule has 11 nitrogen and oxygen atoms in total. The molecule has 0 radical (unpaired) electrons. The van der Waals surface area contributed by atoms with Crippen LogP contribution in [0.1, 0.15) is 61.9 Å². The number of nitrogens with zero attached hydrogens (tertiary/aromatic N) is 1. The average molecular weight is 564 g/mol. The number of nitrogens with one attached hydrogen (secondary N) is 3. The third kappa shape index (κ3) is 8.66. The fraction of sp³-hybridized carbons (Fsp3) is 0.367. The number of carbonyl (C=O) groups is 3. The number of hydrogen-bond donors (Lipinski definition) is 4. The number of fused-ring (bicyclic) bond motifs is 1. The first-order chi connectivity index (χ1) is 19.7. The number of hydrogen-bond acceptors (Lipinski definition) is 7. The van der Waals surface area contributed by atoms with Gasteiger partial charge in [0, 0.05) is 18.0 Å². The van der Waals surface area contributed by atoms with Crippen molar-refractivity contribution in [3.8, 4) is 0 Å². The Kier molecular flexibility index (Phi) is 11.4. The van der Waals surface area contributed by atoms with Crippen LogP contribution in [0.3, 0.4) is 0 Å². The van der Waals surface area contributed by atoms with E-state index in [2.05, 4.69) is 10.6 Å². The van der Waals surface area contributed by atoms with Crippen LogP contribution < -0.4 is 22.0 Å². The zero-order chi connectivity index (χ0) is 29.8. The van der Waals surface area contributed by atoms with E-state index in [0.717, 1.165) is 10.5 Å². The smallest absolute Gasteiger partial charge is 0.408 e. The number of para-hydroxylation sites is 1. The van der Waals surface area contributed by atoms with E-state index in [0.29, 0.717) is 36.7 Å². The molecular formula is C30H37N5O6. The number of carbonyl (C=O) groups excluding carboxylic acids is 3. The van der Waals surface area contributed by atoms with E-state index in [1.54, 1.807) is 36.4 Å². The van der Waals surface area contributed by atoms with Gasteiger partial charge in [0.25, 0.3) is 11.8 Å². The van der Waals surface area contributed by atoms with Crippen LogP contribution in [0.15, 0.2) is 69.9 Å². The molecule has 41 heavy (non-hydrogen) atoms.